The summed E-state index contributed by atoms with van der Waals surface area (Å²) in [5.74, 6) is -0.0549. The highest BCUT2D eigenvalue weighted by Crippen LogP contribution is 2.19. The van der Waals surface area contributed by atoms with Crippen LogP contribution in [0.5, 0.6) is 0 Å². The van der Waals surface area contributed by atoms with Gasteiger partial charge in [-0.05, 0) is 19.4 Å². The molecule has 1 atom stereocenters. The summed E-state index contributed by atoms with van der Waals surface area (Å²) in [6, 6.07) is 7.50. The van der Waals surface area contributed by atoms with Gasteiger partial charge in [0.25, 0.3) is 0 Å². The number of aryl methyl sites for hydroxylation is 1. The van der Waals surface area contributed by atoms with Gasteiger partial charge in [0.2, 0.25) is 11.0 Å². The highest BCUT2D eigenvalue weighted by molar-refractivity contribution is 7.15. The fraction of sp³-hybridized carbons (Fsp3) is 0.412. The van der Waals surface area contributed by atoms with Crippen molar-refractivity contribution >= 4 is 28.4 Å². The lowest BCUT2D eigenvalue weighted by Crippen LogP contribution is -2.54. The maximum Gasteiger partial charge on any atom is 0.318 e. The van der Waals surface area contributed by atoms with Crippen molar-refractivity contribution in [3.05, 3.63) is 40.4 Å². The number of nitrogens with one attached hydrogen (secondary N) is 1. The van der Waals surface area contributed by atoms with Gasteiger partial charge in [0.15, 0.2) is 0 Å². The Bertz CT molecular complexity index is 808. The van der Waals surface area contributed by atoms with Crippen LogP contribution in [0.1, 0.15) is 29.1 Å². The number of hydrogen-bond acceptors (Lipinski definition) is 6. The first-order chi connectivity index (χ1) is 12.4. The third-order valence-corrected chi connectivity index (χ3v) is 5.16. The molecule has 0 spiro atoms. The van der Waals surface area contributed by atoms with Crippen LogP contribution in [0.3, 0.4) is 0 Å². The Labute approximate surface area is 156 Å². The van der Waals surface area contributed by atoms with Crippen LogP contribution in [0.4, 0.5) is 9.93 Å². The van der Waals surface area contributed by atoms with Crippen LogP contribution in [0, 0.1) is 6.92 Å². The molecule has 2 heterocycles. The molecule has 26 heavy (non-hydrogen) atoms. The van der Waals surface area contributed by atoms with Gasteiger partial charge in [-0.25, -0.2) is 4.79 Å². The van der Waals surface area contributed by atoms with E-state index in [4.69, 9.17) is 5.73 Å². The molecule has 0 aliphatic carbocycles. The van der Waals surface area contributed by atoms with E-state index in [0.29, 0.717) is 29.8 Å². The van der Waals surface area contributed by atoms with Gasteiger partial charge in [-0.2, -0.15) is 0 Å². The summed E-state index contributed by atoms with van der Waals surface area (Å²) in [5, 5.41) is 11.5. The quantitative estimate of drug-likeness (QED) is 0.845. The summed E-state index contributed by atoms with van der Waals surface area (Å²) >= 11 is 1.23. The molecule has 8 nitrogen and oxygen atoms in total. The predicted octanol–water partition coefficient (Wildman–Crippen LogP) is 1.54. The number of benzene rings is 1. The Morgan fingerprint density at radius 1 is 1.38 bits per heavy atom. The van der Waals surface area contributed by atoms with E-state index >= 15 is 0 Å². The second-order valence-electron chi connectivity index (χ2n) is 6.38. The van der Waals surface area contributed by atoms with Gasteiger partial charge >= 0.3 is 6.03 Å². The van der Waals surface area contributed by atoms with Gasteiger partial charge < -0.3 is 20.9 Å². The molecule has 1 fully saturated rings. The smallest absolute Gasteiger partial charge is 0.318 e. The summed E-state index contributed by atoms with van der Waals surface area (Å²) in [6.45, 7) is 5.49. The van der Waals surface area contributed by atoms with Gasteiger partial charge in [-0.15, -0.1) is 10.2 Å². The highest BCUT2D eigenvalue weighted by atomic mass is 32.1. The molecular weight excluding hydrogens is 352 g/mol. The molecule has 1 saturated heterocycles. The molecule has 0 radical (unpaired) electrons. The molecule has 0 bridgehead atoms. The number of hydrogen-bond donors (Lipinski definition) is 2. The number of urea groups is 1. The van der Waals surface area contributed by atoms with Crippen molar-refractivity contribution in [1.29, 1.82) is 0 Å². The van der Waals surface area contributed by atoms with E-state index in [0.717, 1.165) is 5.56 Å². The SMILES string of the molecule is Cc1cccc(CN2CCN(C(=O)NC(C)c3nnc(N)s3)CC2=O)c1. The van der Waals surface area contributed by atoms with Gasteiger partial charge in [-0.1, -0.05) is 41.2 Å². The van der Waals surface area contributed by atoms with E-state index in [1.807, 2.05) is 32.0 Å². The van der Waals surface area contributed by atoms with E-state index in [1.165, 1.54) is 21.8 Å². The Hall–Kier alpha value is -2.68. The molecule has 0 saturated carbocycles. The Morgan fingerprint density at radius 3 is 2.85 bits per heavy atom. The van der Waals surface area contributed by atoms with Crippen LogP contribution >= 0.6 is 11.3 Å². The zero-order chi connectivity index (χ0) is 18.7. The minimum absolute atomic E-state index is 0.0549. The summed E-state index contributed by atoms with van der Waals surface area (Å²) < 4.78 is 0. The first-order valence-corrected chi connectivity index (χ1v) is 9.21. The molecule has 2 aromatic rings. The predicted molar refractivity (Wildman–Crippen MR) is 99.4 cm³/mol. The van der Waals surface area contributed by atoms with E-state index in [9.17, 15) is 9.59 Å². The number of piperazine rings is 1. The lowest BCUT2D eigenvalue weighted by atomic mass is 10.1. The van der Waals surface area contributed by atoms with Crippen molar-refractivity contribution < 1.29 is 9.59 Å². The molecule has 1 aliphatic rings. The van der Waals surface area contributed by atoms with Gasteiger partial charge in [0, 0.05) is 19.6 Å². The minimum Gasteiger partial charge on any atom is -0.374 e. The fourth-order valence-electron chi connectivity index (χ4n) is 2.84. The van der Waals surface area contributed by atoms with Crippen molar-refractivity contribution in [2.45, 2.75) is 26.4 Å². The third-order valence-electron chi connectivity index (χ3n) is 4.23. The number of nitrogen functional groups attached to an aromatic ring is 1. The van der Waals surface area contributed by atoms with E-state index in [1.54, 1.807) is 4.90 Å². The molecule has 1 aromatic carbocycles. The zero-order valence-electron chi connectivity index (χ0n) is 14.8. The molecule has 138 valence electrons. The topological polar surface area (TPSA) is 104 Å². The second-order valence-corrected chi connectivity index (χ2v) is 7.42. The number of amides is 3. The number of aromatic nitrogens is 2. The molecule has 3 amide bonds. The van der Waals surface area contributed by atoms with Crippen molar-refractivity contribution in [3.8, 4) is 0 Å². The van der Waals surface area contributed by atoms with Crippen LogP contribution in [0.2, 0.25) is 0 Å². The van der Waals surface area contributed by atoms with Gasteiger partial charge in [0.05, 0.1) is 6.04 Å². The molecule has 3 N–H and O–H groups in total. The molecule has 9 heteroatoms. The number of rotatable bonds is 4. The largest absolute Gasteiger partial charge is 0.374 e. The highest BCUT2D eigenvalue weighted by Gasteiger charge is 2.28. The number of carbonyl (C=O) groups is 2. The molecule has 1 aromatic heterocycles. The van der Waals surface area contributed by atoms with E-state index < -0.39 is 0 Å². The minimum atomic E-state index is -0.308. The van der Waals surface area contributed by atoms with E-state index in [-0.39, 0.29) is 24.5 Å². The van der Waals surface area contributed by atoms with Crippen molar-refractivity contribution in [2.24, 2.45) is 0 Å². The normalized spacial score (nSPS) is 15.8. The second kappa shape index (κ2) is 7.69. The average Bonchev–Trinajstić information content (AvgIpc) is 3.03. The first-order valence-electron chi connectivity index (χ1n) is 8.40. The molecule has 3 rings (SSSR count). The lowest BCUT2D eigenvalue weighted by molar-refractivity contribution is -0.135. The molecular formula is C17H22N6O2S. The summed E-state index contributed by atoms with van der Waals surface area (Å²) in [6.07, 6.45) is 0. The van der Waals surface area contributed by atoms with Crippen molar-refractivity contribution in [3.63, 3.8) is 0 Å². The Balaban J connectivity index is 1.54. The van der Waals surface area contributed by atoms with Crippen LogP contribution in [-0.4, -0.2) is 51.6 Å². The maximum absolute atomic E-state index is 12.4. The Morgan fingerprint density at radius 2 is 2.19 bits per heavy atom. The van der Waals surface area contributed by atoms with E-state index in [2.05, 4.69) is 21.6 Å². The monoisotopic (exact) mass is 374 g/mol. The summed E-state index contributed by atoms with van der Waals surface area (Å²) in [4.78, 5) is 28.1. The summed E-state index contributed by atoms with van der Waals surface area (Å²) in [7, 11) is 0. The number of anilines is 1. The van der Waals surface area contributed by atoms with Crippen LogP contribution in [0.25, 0.3) is 0 Å². The van der Waals surface area contributed by atoms with Crippen LogP contribution in [-0.2, 0) is 11.3 Å². The third kappa shape index (κ3) is 4.29. The first kappa shape index (κ1) is 18.1. The standard InChI is InChI=1S/C17H22N6O2S/c1-11-4-3-5-13(8-11)9-22-6-7-23(10-14(22)24)17(25)19-12(2)15-20-21-16(18)26-15/h3-5,8,12H,6-7,9-10H2,1-2H3,(H2,18,21)(H,19,25). The van der Waals surface area contributed by atoms with Gasteiger partial charge in [0.1, 0.15) is 11.6 Å². The number of nitrogens with two attached hydrogens (primary N) is 1. The fourth-order valence-corrected chi connectivity index (χ4v) is 3.45. The van der Waals surface area contributed by atoms with Crippen molar-refractivity contribution in [1.82, 2.24) is 25.3 Å². The van der Waals surface area contributed by atoms with Crippen molar-refractivity contribution in [2.75, 3.05) is 25.4 Å². The summed E-state index contributed by atoms with van der Waals surface area (Å²) in [5.41, 5.74) is 7.83. The average molecular weight is 374 g/mol. The lowest BCUT2D eigenvalue weighted by Gasteiger charge is -2.34. The van der Waals surface area contributed by atoms with Crippen LogP contribution < -0.4 is 11.1 Å². The van der Waals surface area contributed by atoms with Gasteiger partial charge in [-0.3, -0.25) is 4.79 Å². The molecule has 1 aliphatic heterocycles. The van der Waals surface area contributed by atoms with Crippen LogP contribution in [0.15, 0.2) is 24.3 Å². The zero-order valence-corrected chi connectivity index (χ0v) is 15.6. The molecule has 1 unspecified atom stereocenters. The Kier molecular flexibility index (Phi) is 5.36. The maximum atomic E-state index is 12.4. The number of nitrogens with zero attached hydrogens (tertiary/aromatic N) is 4. The number of carbonyl (C=O) groups excluding carboxylic acids is 2.